The lowest BCUT2D eigenvalue weighted by Gasteiger charge is -2.01. The predicted molar refractivity (Wildman–Crippen MR) is 79.7 cm³/mol. The molecule has 0 radical (unpaired) electrons. The Morgan fingerprint density at radius 1 is 0.895 bits per heavy atom. The Bertz CT molecular complexity index is 263. The minimum absolute atomic E-state index is 0.0911. The van der Waals surface area contributed by atoms with E-state index in [0.29, 0.717) is 6.42 Å². The Labute approximate surface area is 119 Å². The van der Waals surface area contributed by atoms with E-state index in [1.807, 2.05) is 26.0 Å². The number of hydrogen-bond acceptors (Lipinski definition) is 4. The zero-order valence-corrected chi connectivity index (χ0v) is 13.7. The molecule has 0 atom stereocenters. The lowest BCUT2D eigenvalue weighted by atomic mass is 10.1. The Hall–Kier alpha value is -0.170. The minimum atomic E-state index is -4.23. The van der Waals surface area contributed by atoms with E-state index in [2.05, 4.69) is 11.1 Å². The standard InChI is InChI=1S/C10H22O4S.C3H9N/c1-2-3-4-5-6-7-8-9-10-14-15(11,12)13;1-4(2)3/h2-10H2,1H3,(H,11,12,13);1-3H3. The van der Waals surface area contributed by atoms with Gasteiger partial charge in [-0.1, -0.05) is 51.9 Å². The van der Waals surface area contributed by atoms with Crippen molar-refractivity contribution in [1.82, 2.24) is 4.90 Å². The summed E-state index contributed by atoms with van der Waals surface area (Å²) in [5.41, 5.74) is 0. The highest BCUT2D eigenvalue weighted by Crippen LogP contribution is 2.08. The van der Waals surface area contributed by atoms with E-state index in [9.17, 15) is 8.42 Å². The summed E-state index contributed by atoms with van der Waals surface area (Å²) in [4.78, 5) is 2.00. The maximum absolute atomic E-state index is 10.2. The Kier molecular flexibility index (Phi) is 15.8. The normalized spacial score (nSPS) is 11.3. The van der Waals surface area contributed by atoms with E-state index in [1.54, 1.807) is 0 Å². The van der Waals surface area contributed by atoms with Crippen LogP contribution in [0.4, 0.5) is 0 Å². The van der Waals surface area contributed by atoms with Crippen LogP contribution in [0.1, 0.15) is 58.3 Å². The van der Waals surface area contributed by atoms with E-state index < -0.39 is 10.4 Å². The SMILES string of the molecule is CCCCCCCCCCOS(=O)(=O)O.CN(C)C. The van der Waals surface area contributed by atoms with Crippen LogP contribution >= 0.6 is 0 Å². The van der Waals surface area contributed by atoms with Crippen molar-refractivity contribution < 1.29 is 17.2 Å². The maximum atomic E-state index is 10.2. The molecule has 0 fully saturated rings. The number of hydrogen-bond donors (Lipinski definition) is 1. The molecule has 0 amide bonds. The molecule has 6 heteroatoms. The largest absolute Gasteiger partial charge is 0.397 e. The first-order valence-corrected chi connectivity index (χ1v) is 8.39. The second-order valence-electron chi connectivity index (χ2n) is 5.07. The van der Waals surface area contributed by atoms with Gasteiger partial charge in [0.1, 0.15) is 0 Å². The molecule has 0 unspecified atom stereocenters. The van der Waals surface area contributed by atoms with Gasteiger partial charge in [0.2, 0.25) is 0 Å². The molecule has 118 valence electrons. The van der Waals surface area contributed by atoms with Gasteiger partial charge < -0.3 is 4.90 Å². The molecule has 0 spiro atoms. The van der Waals surface area contributed by atoms with Crippen LogP contribution in [0, 0.1) is 0 Å². The van der Waals surface area contributed by atoms with E-state index in [4.69, 9.17) is 4.55 Å². The Morgan fingerprint density at radius 3 is 1.63 bits per heavy atom. The molecule has 5 nitrogen and oxygen atoms in total. The second-order valence-corrected chi connectivity index (χ2v) is 6.16. The van der Waals surface area contributed by atoms with Gasteiger partial charge in [-0.2, -0.15) is 8.42 Å². The zero-order valence-electron chi connectivity index (χ0n) is 12.9. The number of rotatable bonds is 10. The lowest BCUT2D eigenvalue weighted by molar-refractivity contribution is 0.261. The van der Waals surface area contributed by atoms with Crippen LogP contribution in [0.25, 0.3) is 0 Å². The fourth-order valence-corrected chi connectivity index (χ4v) is 1.73. The minimum Gasteiger partial charge on any atom is -0.312 e. The van der Waals surface area contributed by atoms with Gasteiger partial charge in [-0.25, -0.2) is 4.18 Å². The first-order chi connectivity index (χ1) is 8.79. The summed E-state index contributed by atoms with van der Waals surface area (Å²) in [7, 11) is 1.77. The molecule has 0 saturated carbocycles. The molecule has 0 aliphatic rings. The summed E-state index contributed by atoms with van der Waals surface area (Å²) in [6.45, 7) is 2.28. The quantitative estimate of drug-likeness (QED) is 0.495. The zero-order chi connectivity index (χ0) is 15.1. The summed E-state index contributed by atoms with van der Waals surface area (Å²) in [6.07, 6.45) is 9.05. The molecule has 0 aromatic rings. The first-order valence-electron chi connectivity index (χ1n) is 7.02. The van der Waals surface area contributed by atoms with Crippen molar-refractivity contribution in [2.24, 2.45) is 0 Å². The van der Waals surface area contributed by atoms with Gasteiger partial charge in [0.25, 0.3) is 0 Å². The highest BCUT2D eigenvalue weighted by molar-refractivity contribution is 7.80. The molecule has 0 aromatic heterocycles. The van der Waals surface area contributed by atoms with Crippen molar-refractivity contribution in [2.75, 3.05) is 27.7 Å². The van der Waals surface area contributed by atoms with E-state index in [0.717, 1.165) is 12.8 Å². The molecular weight excluding hydrogens is 266 g/mol. The first kappa shape index (κ1) is 21.1. The van der Waals surface area contributed by atoms with Crippen LogP contribution in [-0.2, 0) is 14.6 Å². The van der Waals surface area contributed by atoms with E-state index in [1.165, 1.54) is 32.1 Å². The fourth-order valence-electron chi connectivity index (χ4n) is 1.40. The molecule has 0 aromatic carbocycles. The van der Waals surface area contributed by atoms with Crippen LogP contribution in [0.5, 0.6) is 0 Å². The van der Waals surface area contributed by atoms with Crippen LogP contribution in [0.15, 0.2) is 0 Å². The van der Waals surface area contributed by atoms with Crippen LogP contribution < -0.4 is 0 Å². The third-order valence-electron chi connectivity index (χ3n) is 2.23. The third kappa shape index (κ3) is 31.9. The highest BCUT2D eigenvalue weighted by atomic mass is 32.3. The smallest absolute Gasteiger partial charge is 0.312 e. The van der Waals surface area contributed by atoms with Crippen molar-refractivity contribution in [3.05, 3.63) is 0 Å². The van der Waals surface area contributed by atoms with Crippen molar-refractivity contribution in [2.45, 2.75) is 58.3 Å². The second kappa shape index (κ2) is 14.2. The summed E-state index contributed by atoms with van der Waals surface area (Å²) in [5.74, 6) is 0. The average molecular weight is 297 g/mol. The van der Waals surface area contributed by atoms with Gasteiger partial charge >= 0.3 is 10.4 Å². The van der Waals surface area contributed by atoms with E-state index >= 15 is 0 Å². The van der Waals surface area contributed by atoms with Crippen LogP contribution in [0.2, 0.25) is 0 Å². The molecule has 0 heterocycles. The molecule has 19 heavy (non-hydrogen) atoms. The van der Waals surface area contributed by atoms with Gasteiger partial charge in [-0.05, 0) is 27.6 Å². The van der Waals surface area contributed by atoms with Crippen molar-refractivity contribution in [3.8, 4) is 0 Å². The molecule has 0 bridgehead atoms. The Balaban J connectivity index is 0. The molecular formula is C13H31NO4S. The van der Waals surface area contributed by atoms with Crippen LogP contribution in [0.3, 0.4) is 0 Å². The predicted octanol–water partition coefficient (Wildman–Crippen LogP) is 3.12. The van der Waals surface area contributed by atoms with Gasteiger partial charge in [0, 0.05) is 0 Å². The fraction of sp³-hybridized carbons (Fsp3) is 1.00. The van der Waals surface area contributed by atoms with Crippen LogP contribution in [-0.4, -0.2) is 45.6 Å². The van der Waals surface area contributed by atoms with Gasteiger partial charge in [-0.3, -0.25) is 4.55 Å². The van der Waals surface area contributed by atoms with Gasteiger partial charge in [-0.15, -0.1) is 0 Å². The molecule has 0 rings (SSSR count). The molecule has 0 saturated heterocycles. The van der Waals surface area contributed by atoms with E-state index in [-0.39, 0.29) is 6.61 Å². The summed E-state index contributed by atoms with van der Waals surface area (Å²) >= 11 is 0. The van der Waals surface area contributed by atoms with Gasteiger partial charge in [0.15, 0.2) is 0 Å². The maximum Gasteiger partial charge on any atom is 0.397 e. The molecule has 1 N–H and O–H groups in total. The summed E-state index contributed by atoms with van der Waals surface area (Å²) in [6, 6.07) is 0. The lowest BCUT2D eigenvalue weighted by Crippen LogP contribution is -2.04. The Morgan fingerprint density at radius 2 is 1.26 bits per heavy atom. The third-order valence-corrected chi connectivity index (χ3v) is 2.69. The van der Waals surface area contributed by atoms with Gasteiger partial charge in [0.05, 0.1) is 6.61 Å². The number of unbranched alkanes of at least 4 members (excludes halogenated alkanes) is 7. The topological polar surface area (TPSA) is 66.8 Å². The van der Waals surface area contributed by atoms with Crippen molar-refractivity contribution >= 4 is 10.4 Å². The monoisotopic (exact) mass is 297 g/mol. The van der Waals surface area contributed by atoms with Crippen molar-refractivity contribution in [3.63, 3.8) is 0 Å². The molecule has 0 aliphatic carbocycles. The highest BCUT2D eigenvalue weighted by Gasteiger charge is 2.02. The summed E-state index contributed by atoms with van der Waals surface area (Å²) < 4.78 is 32.8. The average Bonchev–Trinajstić information content (AvgIpc) is 2.24. The summed E-state index contributed by atoms with van der Waals surface area (Å²) in [5, 5.41) is 0. The molecule has 0 aliphatic heterocycles. The number of nitrogens with zero attached hydrogens (tertiary/aromatic N) is 1. The van der Waals surface area contributed by atoms with Crippen molar-refractivity contribution in [1.29, 1.82) is 0 Å².